The maximum Gasteiger partial charge on any atom is 0.291 e. The van der Waals surface area contributed by atoms with E-state index in [0.29, 0.717) is 12.2 Å². The van der Waals surface area contributed by atoms with Crippen molar-refractivity contribution in [3.63, 3.8) is 0 Å². The highest BCUT2D eigenvalue weighted by Gasteiger charge is 2.14. The molecule has 0 saturated carbocycles. The van der Waals surface area contributed by atoms with Crippen LogP contribution in [0, 0.1) is 6.92 Å². The Bertz CT molecular complexity index is 566. The van der Waals surface area contributed by atoms with Crippen LogP contribution in [0.4, 0.5) is 0 Å². The molecule has 0 aromatic carbocycles. The Hall–Kier alpha value is -2.02. The normalized spacial score (nSPS) is 12.6. The number of amides is 1. The molecule has 0 aliphatic heterocycles. The molecule has 1 amide bonds. The minimum Gasteiger partial charge on any atom is -0.391 e. The first-order chi connectivity index (χ1) is 8.61. The van der Waals surface area contributed by atoms with Crippen molar-refractivity contribution in [3.05, 3.63) is 23.8 Å². The molecule has 2 N–H and O–H groups in total. The fourth-order valence-electron chi connectivity index (χ4n) is 1.44. The number of carbonyl (C=O) groups excluding carboxylic acids is 1. The average Bonchev–Trinajstić information content (AvgIpc) is 2.81. The number of fused-ring (bicyclic) bond motifs is 1. The highest BCUT2D eigenvalue weighted by Crippen LogP contribution is 2.01. The van der Waals surface area contributed by atoms with E-state index in [4.69, 9.17) is 0 Å². The summed E-state index contributed by atoms with van der Waals surface area (Å²) in [7, 11) is 0. The third-order valence-corrected chi connectivity index (χ3v) is 2.60. The summed E-state index contributed by atoms with van der Waals surface area (Å²) in [6.07, 6.45) is 1.65. The van der Waals surface area contributed by atoms with Crippen LogP contribution in [0.5, 0.6) is 0 Å². The standard InChI is InChI=1S/C11H15N5O2/c1-3-8(17)6-13-10(18)9-14-11-12-5-4-7(2)16(11)15-9/h4-5,8,17H,3,6H2,1-2H3,(H,13,18). The number of aryl methyl sites for hydroxylation is 1. The molecule has 0 spiro atoms. The predicted molar refractivity (Wildman–Crippen MR) is 64.2 cm³/mol. The molecule has 2 aromatic rings. The van der Waals surface area contributed by atoms with E-state index in [1.54, 1.807) is 12.3 Å². The Morgan fingerprint density at radius 3 is 3.06 bits per heavy atom. The summed E-state index contributed by atoms with van der Waals surface area (Å²) in [6, 6.07) is 1.78. The molecule has 0 fully saturated rings. The fraction of sp³-hybridized carbons (Fsp3) is 0.455. The Kier molecular flexibility index (Phi) is 3.52. The van der Waals surface area contributed by atoms with Crippen molar-refractivity contribution in [2.24, 2.45) is 0 Å². The number of nitrogens with one attached hydrogen (secondary N) is 1. The second kappa shape index (κ2) is 5.09. The second-order valence-corrected chi connectivity index (χ2v) is 4.01. The molecule has 1 unspecified atom stereocenters. The molecular formula is C11H15N5O2. The highest BCUT2D eigenvalue weighted by molar-refractivity contribution is 5.90. The molecule has 0 aliphatic carbocycles. The van der Waals surface area contributed by atoms with E-state index < -0.39 is 12.0 Å². The van der Waals surface area contributed by atoms with Gasteiger partial charge in [-0.25, -0.2) is 9.50 Å². The van der Waals surface area contributed by atoms with Gasteiger partial charge in [-0.2, -0.15) is 4.98 Å². The SMILES string of the molecule is CCC(O)CNC(=O)c1nc2nccc(C)n2n1. The Morgan fingerprint density at radius 1 is 1.61 bits per heavy atom. The second-order valence-electron chi connectivity index (χ2n) is 4.01. The van der Waals surface area contributed by atoms with Crippen LogP contribution in [-0.4, -0.2) is 43.2 Å². The summed E-state index contributed by atoms with van der Waals surface area (Å²) in [5, 5.41) is 16.0. The van der Waals surface area contributed by atoms with Gasteiger partial charge in [-0.15, -0.1) is 5.10 Å². The van der Waals surface area contributed by atoms with Crippen LogP contribution in [0.3, 0.4) is 0 Å². The first-order valence-corrected chi connectivity index (χ1v) is 5.76. The summed E-state index contributed by atoms with van der Waals surface area (Å²) < 4.78 is 1.51. The van der Waals surface area contributed by atoms with Crippen molar-refractivity contribution in [1.82, 2.24) is 24.9 Å². The van der Waals surface area contributed by atoms with Gasteiger partial charge in [-0.1, -0.05) is 6.92 Å². The molecule has 2 heterocycles. The van der Waals surface area contributed by atoms with Crippen molar-refractivity contribution in [1.29, 1.82) is 0 Å². The van der Waals surface area contributed by atoms with Crippen molar-refractivity contribution in [3.8, 4) is 0 Å². The summed E-state index contributed by atoms with van der Waals surface area (Å²) in [5.74, 6) is 0.0312. The van der Waals surface area contributed by atoms with Gasteiger partial charge in [-0.3, -0.25) is 4.79 Å². The van der Waals surface area contributed by atoms with Crippen LogP contribution < -0.4 is 5.32 Å². The lowest BCUT2D eigenvalue weighted by Gasteiger charge is -2.07. The maximum absolute atomic E-state index is 11.8. The van der Waals surface area contributed by atoms with Crippen LogP contribution >= 0.6 is 0 Å². The van der Waals surface area contributed by atoms with Crippen molar-refractivity contribution in [2.45, 2.75) is 26.4 Å². The Morgan fingerprint density at radius 2 is 2.39 bits per heavy atom. The number of aliphatic hydroxyl groups is 1. The minimum absolute atomic E-state index is 0.0557. The molecule has 2 aromatic heterocycles. The van der Waals surface area contributed by atoms with E-state index in [9.17, 15) is 9.90 Å². The van der Waals surface area contributed by atoms with E-state index in [1.165, 1.54) is 4.52 Å². The van der Waals surface area contributed by atoms with Crippen LogP contribution in [0.25, 0.3) is 5.78 Å². The largest absolute Gasteiger partial charge is 0.391 e. The molecule has 7 heteroatoms. The van der Waals surface area contributed by atoms with Gasteiger partial charge in [0.15, 0.2) is 0 Å². The van der Waals surface area contributed by atoms with E-state index in [2.05, 4.69) is 20.4 Å². The lowest BCUT2D eigenvalue weighted by atomic mass is 10.3. The molecule has 96 valence electrons. The summed E-state index contributed by atoms with van der Waals surface area (Å²) in [4.78, 5) is 19.8. The predicted octanol–water partition coefficient (Wildman–Crippen LogP) is -0.0666. The Balaban J connectivity index is 2.16. The van der Waals surface area contributed by atoms with Crippen molar-refractivity contribution < 1.29 is 9.90 Å². The van der Waals surface area contributed by atoms with Gasteiger partial charge in [0.25, 0.3) is 11.7 Å². The molecule has 0 saturated heterocycles. The summed E-state index contributed by atoms with van der Waals surface area (Å²) in [6.45, 7) is 3.89. The fourth-order valence-corrected chi connectivity index (χ4v) is 1.44. The number of aliphatic hydroxyl groups excluding tert-OH is 1. The van der Waals surface area contributed by atoms with E-state index in [1.807, 2.05) is 13.8 Å². The van der Waals surface area contributed by atoms with Gasteiger partial charge in [0.05, 0.1) is 6.10 Å². The molecule has 0 radical (unpaired) electrons. The number of carbonyl (C=O) groups is 1. The topological polar surface area (TPSA) is 92.4 Å². The lowest BCUT2D eigenvalue weighted by Crippen LogP contribution is -2.32. The van der Waals surface area contributed by atoms with Gasteiger partial charge in [0, 0.05) is 18.4 Å². The number of hydrogen-bond acceptors (Lipinski definition) is 5. The smallest absolute Gasteiger partial charge is 0.291 e. The van der Waals surface area contributed by atoms with Crippen LogP contribution in [0.15, 0.2) is 12.3 Å². The van der Waals surface area contributed by atoms with Crippen LogP contribution in [0.2, 0.25) is 0 Å². The van der Waals surface area contributed by atoms with Gasteiger partial charge in [0.2, 0.25) is 5.82 Å². The quantitative estimate of drug-likeness (QED) is 0.791. The zero-order valence-corrected chi connectivity index (χ0v) is 10.3. The Labute approximate surface area is 104 Å². The first-order valence-electron chi connectivity index (χ1n) is 5.76. The maximum atomic E-state index is 11.8. The monoisotopic (exact) mass is 249 g/mol. The van der Waals surface area contributed by atoms with Gasteiger partial charge in [0.1, 0.15) is 0 Å². The number of nitrogens with zero attached hydrogens (tertiary/aromatic N) is 4. The minimum atomic E-state index is -0.550. The van der Waals surface area contributed by atoms with Crippen molar-refractivity contribution >= 4 is 11.7 Å². The van der Waals surface area contributed by atoms with E-state index in [0.717, 1.165) is 5.69 Å². The van der Waals surface area contributed by atoms with Gasteiger partial charge < -0.3 is 10.4 Å². The molecule has 0 aliphatic rings. The zero-order chi connectivity index (χ0) is 13.1. The number of aromatic nitrogens is 4. The molecule has 7 nitrogen and oxygen atoms in total. The lowest BCUT2D eigenvalue weighted by molar-refractivity contribution is 0.0904. The highest BCUT2D eigenvalue weighted by atomic mass is 16.3. The zero-order valence-electron chi connectivity index (χ0n) is 10.3. The average molecular weight is 249 g/mol. The molecular weight excluding hydrogens is 234 g/mol. The molecule has 2 rings (SSSR count). The van der Waals surface area contributed by atoms with Crippen LogP contribution in [-0.2, 0) is 0 Å². The van der Waals surface area contributed by atoms with E-state index >= 15 is 0 Å². The van der Waals surface area contributed by atoms with Crippen LogP contribution in [0.1, 0.15) is 29.7 Å². The van der Waals surface area contributed by atoms with Gasteiger partial charge >= 0.3 is 0 Å². The number of rotatable bonds is 4. The summed E-state index contributed by atoms with van der Waals surface area (Å²) in [5.41, 5.74) is 0.847. The number of hydrogen-bond donors (Lipinski definition) is 2. The third-order valence-electron chi connectivity index (χ3n) is 2.60. The first kappa shape index (κ1) is 12.4. The van der Waals surface area contributed by atoms with Crippen molar-refractivity contribution in [2.75, 3.05) is 6.54 Å². The summed E-state index contributed by atoms with van der Waals surface area (Å²) >= 11 is 0. The van der Waals surface area contributed by atoms with Gasteiger partial charge in [-0.05, 0) is 19.4 Å². The molecule has 18 heavy (non-hydrogen) atoms. The molecule has 1 atom stereocenters. The van der Waals surface area contributed by atoms with E-state index in [-0.39, 0.29) is 12.4 Å². The third kappa shape index (κ3) is 2.45. The molecule has 0 bridgehead atoms.